The number of allylic oxidation sites excluding steroid dienone is 1. The summed E-state index contributed by atoms with van der Waals surface area (Å²) in [6.45, 7) is 10.6. The molecule has 0 aliphatic rings. The van der Waals surface area contributed by atoms with Crippen LogP contribution in [0.3, 0.4) is 0 Å². The van der Waals surface area contributed by atoms with E-state index < -0.39 is 0 Å². The minimum Gasteiger partial charge on any atom is -0.376 e. The second-order valence-corrected chi connectivity index (χ2v) is 3.37. The second-order valence-electron chi connectivity index (χ2n) is 3.37. The predicted molar refractivity (Wildman–Crippen MR) is 51.6 cm³/mol. The van der Waals surface area contributed by atoms with Crippen molar-refractivity contribution in [2.45, 2.75) is 46.1 Å². The van der Waals surface area contributed by atoms with Gasteiger partial charge in [0, 0.05) is 18.8 Å². The molecule has 66 valence electrons. The summed E-state index contributed by atoms with van der Waals surface area (Å²) >= 11 is 0. The Kier molecular flexibility index (Phi) is 5.01. The van der Waals surface area contributed by atoms with E-state index in [1.165, 1.54) is 18.5 Å². The molecule has 0 heterocycles. The van der Waals surface area contributed by atoms with E-state index in [-0.39, 0.29) is 0 Å². The third-order valence-electron chi connectivity index (χ3n) is 2.09. The molecule has 0 aromatic carbocycles. The first kappa shape index (κ1) is 10.5. The largest absolute Gasteiger partial charge is 0.376 e. The van der Waals surface area contributed by atoms with Gasteiger partial charge in [-0.25, -0.2) is 0 Å². The minimum atomic E-state index is 0.583. The fourth-order valence-corrected chi connectivity index (χ4v) is 0.922. The Morgan fingerprint density at radius 3 is 2.36 bits per heavy atom. The van der Waals surface area contributed by atoms with Crippen molar-refractivity contribution in [1.29, 1.82) is 0 Å². The maximum Gasteiger partial charge on any atom is 0.0226 e. The molecule has 0 amide bonds. The topological polar surface area (TPSA) is 3.24 Å². The van der Waals surface area contributed by atoms with Gasteiger partial charge in [0.15, 0.2) is 0 Å². The molecule has 0 aromatic heterocycles. The van der Waals surface area contributed by atoms with Gasteiger partial charge in [-0.15, -0.1) is 0 Å². The lowest BCUT2D eigenvalue weighted by atomic mass is 10.2. The van der Waals surface area contributed by atoms with Crippen molar-refractivity contribution in [3.05, 3.63) is 12.3 Å². The van der Waals surface area contributed by atoms with Crippen LogP contribution in [-0.2, 0) is 0 Å². The summed E-state index contributed by atoms with van der Waals surface area (Å²) in [5.41, 5.74) is 1.27. The molecule has 0 aliphatic carbocycles. The molecule has 0 fully saturated rings. The van der Waals surface area contributed by atoms with E-state index >= 15 is 0 Å². The number of hydrogen-bond acceptors (Lipinski definition) is 1. The Morgan fingerprint density at radius 2 is 2.00 bits per heavy atom. The molecule has 11 heavy (non-hydrogen) atoms. The van der Waals surface area contributed by atoms with Gasteiger partial charge >= 0.3 is 0 Å². The van der Waals surface area contributed by atoms with E-state index in [9.17, 15) is 0 Å². The van der Waals surface area contributed by atoms with Gasteiger partial charge < -0.3 is 4.90 Å². The zero-order valence-corrected chi connectivity index (χ0v) is 8.35. The van der Waals surface area contributed by atoms with Crippen molar-refractivity contribution >= 4 is 0 Å². The summed E-state index contributed by atoms with van der Waals surface area (Å²) in [7, 11) is 2.11. The predicted octanol–water partition coefficient (Wildman–Crippen LogP) is 3.03. The van der Waals surface area contributed by atoms with Crippen LogP contribution in [0.2, 0.25) is 0 Å². The zero-order valence-electron chi connectivity index (χ0n) is 8.35. The monoisotopic (exact) mass is 155 g/mol. The Labute approximate surface area is 71.1 Å². The highest BCUT2D eigenvalue weighted by Crippen LogP contribution is 2.11. The van der Waals surface area contributed by atoms with Crippen LogP contribution < -0.4 is 0 Å². The van der Waals surface area contributed by atoms with Crippen LogP contribution in [-0.4, -0.2) is 18.0 Å². The molecular formula is C10H21N. The Hall–Kier alpha value is -0.460. The third-order valence-corrected chi connectivity index (χ3v) is 2.09. The van der Waals surface area contributed by atoms with Gasteiger partial charge in [-0.1, -0.05) is 19.9 Å². The zero-order chi connectivity index (χ0) is 8.85. The third kappa shape index (κ3) is 4.07. The lowest BCUT2D eigenvalue weighted by Crippen LogP contribution is -2.24. The normalized spacial score (nSPS) is 10.3. The molecule has 0 unspecified atom stereocenters. The molecule has 0 bridgehead atoms. The number of nitrogens with zero attached hydrogens (tertiary/aromatic N) is 1. The standard InChI is InChI=1S/C10H21N/c1-6-7-8-10(4)11(5)9(2)3/h9H,4,6-8H2,1-3,5H3. The molecule has 0 atom stereocenters. The first-order chi connectivity index (χ1) is 5.09. The van der Waals surface area contributed by atoms with Crippen LogP contribution in [0.5, 0.6) is 0 Å². The summed E-state index contributed by atoms with van der Waals surface area (Å²) < 4.78 is 0. The van der Waals surface area contributed by atoms with Crippen molar-refractivity contribution in [3.63, 3.8) is 0 Å². The van der Waals surface area contributed by atoms with Crippen molar-refractivity contribution in [2.24, 2.45) is 0 Å². The first-order valence-corrected chi connectivity index (χ1v) is 4.50. The molecule has 0 aromatic rings. The van der Waals surface area contributed by atoms with Crippen molar-refractivity contribution in [2.75, 3.05) is 7.05 Å². The van der Waals surface area contributed by atoms with Crippen LogP contribution in [0.25, 0.3) is 0 Å². The van der Waals surface area contributed by atoms with E-state index in [0.29, 0.717) is 6.04 Å². The maximum absolute atomic E-state index is 4.04. The van der Waals surface area contributed by atoms with E-state index in [2.05, 4.69) is 39.3 Å². The number of hydrogen-bond donors (Lipinski definition) is 0. The van der Waals surface area contributed by atoms with E-state index in [1.807, 2.05) is 0 Å². The SMILES string of the molecule is C=C(CCCC)N(C)C(C)C. The average molecular weight is 155 g/mol. The molecule has 0 aliphatic heterocycles. The van der Waals surface area contributed by atoms with E-state index in [0.717, 1.165) is 6.42 Å². The lowest BCUT2D eigenvalue weighted by molar-refractivity contribution is 0.331. The van der Waals surface area contributed by atoms with Gasteiger partial charge in [-0.3, -0.25) is 0 Å². The van der Waals surface area contributed by atoms with Crippen molar-refractivity contribution in [3.8, 4) is 0 Å². The van der Waals surface area contributed by atoms with Gasteiger partial charge in [0.25, 0.3) is 0 Å². The van der Waals surface area contributed by atoms with Gasteiger partial charge in [-0.05, 0) is 26.7 Å². The van der Waals surface area contributed by atoms with Gasteiger partial charge in [0.05, 0.1) is 0 Å². The van der Waals surface area contributed by atoms with Crippen LogP contribution >= 0.6 is 0 Å². The molecule has 1 heteroatoms. The highest BCUT2D eigenvalue weighted by Gasteiger charge is 2.04. The fraction of sp³-hybridized carbons (Fsp3) is 0.800. The molecule has 0 spiro atoms. The van der Waals surface area contributed by atoms with Crippen LogP contribution in [0.4, 0.5) is 0 Å². The summed E-state index contributed by atoms with van der Waals surface area (Å²) in [4.78, 5) is 2.25. The molecule has 0 saturated heterocycles. The van der Waals surface area contributed by atoms with E-state index in [4.69, 9.17) is 0 Å². The Balaban J connectivity index is 3.64. The lowest BCUT2D eigenvalue weighted by Gasteiger charge is -2.25. The summed E-state index contributed by atoms with van der Waals surface area (Å²) in [6.07, 6.45) is 3.66. The maximum atomic E-state index is 4.04. The van der Waals surface area contributed by atoms with Gasteiger partial charge in [-0.2, -0.15) is 0 Å². The fourth-order valence-electron chi connectivity index (χ4n) is 0.922. The molecule has 0 saturated carbocycles. The van der Waals surface area contributed by atoms with Gasteiger partial charge in [0.2, 0.25) is 0 Å². The second kappa shape index (κ2) is 5.22. The Bertz CT molecular complexity index is 116. The molecule has 0 radical (unpaired) electrons. The summed E-state index contributed by atoms with van der Waals surface area (Å²) in [5.74, 6) is 0. The van der Waals surface area contributed by atoms with Gasteiger partial charge in [0.1, 0.15) is 0 Å². The molecular weight excluding hydrogens is 134 g/mol. The van der Waals surface area contributed by atoms with E-state index in [1.54, 1.807) is 0 Å². The van der Waals surface area contributed by atoms with Crippen LogP contribution in [0.15, 0.2) is 12.3 Å². The first-order valence-electron chi connectivity index (χ1n) is 4.50. The number of rotatable bonds is 5. The Morgan fingerprint density at radius 1 is 1.45 bits per heavy atom. The van der Waals surface area contributed by atoms with Crippen molar-refractivity contribution < 1.29 is 0 Å². The highest BCUT2D eigenvalue weighted by atomic mass is 15.1. The van der Waals surface area contributed by atoms with Crippen LogP contribution in [0, 0.1) is 0 Å². The number of unbranched alkanes of at least 4 members (excludes halogenated alkanes) is 1. The van der Waals surface area contributed by atoms with Crippen LogP contribution in [0.1, 0.15) is 40.0 Å². The van der Waals surface area contributed by atoms with Crippen molar-refractivity contribution in [1.82, 2.24) is 4.90 Å². The molecule has 0 N–H and O–H groups in total. The highest BCUT2D eigenvalue weighted by molar-refractivity contribution is 4.93. The minimum absolute atomic E-state index is 0.583. The molecule has 0 rings (SSSR count). The summed E-state index contributed by atoms with van der Waals surface area (Å²) in [5, 5.41) is 0. The molecule has 1 nitrogen and oxygen atoms in total. The average Bonchev–Trinajstić information content (AvgIpc) is 1.98. The summed E-state index contributed by atoms with van der Waals surface area (Å²) in [6, 6.07) is 0.583. The quantitative estimate of drug-likeness (QED) is 0.590. The smallest absolute Gasteiger partial charge is 0.0226 e.